The van der Waals surface area contributed by atoms with E-state index in [0.717, 1.165) is 19.3 Å². The van der Waals surface area contributed by atoms with Gasteiger partial charge in [-0.05, 0) is 49.0 Å². The van der Waals surface area contributed by atoms with Gasteiger partial charge in [-0.2, -0.15) is 0 Å². The summed E-state index contributed by atoms with van der Waals surface area (Å²) in [7, 11) is 0. The Kier molecular flexibility index (Phi) is 6.49. The fourth-order valence-electron chi connectivity index (χ4n) is 3.38. The Labute approximate surface area is 158 Å². The zero-order valence-corrected chi connectivity index (χ0v) is 15.9. The van der Waals surface area contributed by atoms with E-state index in [4.69, 9.17) is 0 Å². The third-order valence-electron chi connectivity index (χ3n) is 5.13. The van der Waals surface area contributed by atoms with Gasteiger partial charge in [-0.25, -0.2) is 0 Å². The van der Waals surface area contributed by atoms with Gasteiger partial charge in [-0.3, -0.25) is 0 Å². The summed E-state index contributed by atoms with van der Waals surface area (Å²) in [6.45, 7) is 4.45. The summed E-state index contributed by atoms with van der Waals surface area (Å²) in [5.41, 5.74) is 5.32. The predicted molar refractivity (Wildman–Crippen MR) is 113 cm³/mol. The molecule has 26 heavy (non-hydrogen) atoms. The fraction of sp³-hybridized carbons (Fsp3) is 0.280. The molecule has 0 radical (unpaired) electrons. The molecule has 134 valence electrons. The van der Waals surface area contributed by atoms with Gasteiger partial charge in [-0.1, -0.05) is 85.8 Å². The molecule has 1 aliphatic carbocycles. The summed E-state index contributed by atoms with van der Waals surface area (Å²) in [5, 5.41) is 3.71. The SMILES string of the molecule is CCC(C/C=C(\C)c1ccccc1)NC1=CCC(c2ccccc2)C=C1. The molecule has 1 heteroatoms. The lowest BCUT2D eigenvalue weighted by Gasteiger charge is -2.22. The van der Waals surface area contributed by atoms with Crippen LogP contribution < -0.4 is 5.32 Å². The first-order chi connectivity index (χ1) is 12.8. The van der Waals surface area contributed by atoms with Crippen LogP contribution in [0.5, 0.6) is 0 Å². The maximum Gasteiger partial charge on any atom is 0.0299 e. The van der Waals surface area contributed by atoms with E-state index in [1.165, 1.54) is 22.4 Å². The largest absolute Gasteiger partial charge is 0.382 e. The number of allylic oxidation sites excluding steroid dienone is 4. The highest BCUT2D eigenvalue weighted by Gasteiger charge is 2.12. The van der Waals surface area contributed by atoms with E-state index < -0.39 is 0 Å². The Hall–Kier alpha value is -2.54. The Morgan fingerprint density at radius 2 is 1.77 bits per heavy atom. The van der Waals surface area contributed by atoms with E-state index in [1.54, 1.807) is 0 Å². The van der Waals surface area contributed by atoms with Crippen molar-refractivity contribution in [1.82, 2.24) is 5.32 Å². The fourth-order valence-corrected chi connectivity index (χ4v) is 3.38. The van der Waals surface area contributed by atoms with Crippen LogP contribution in [-0.4, -0.2) is 6.04 Å². The van der Waals surface area contributed by atoms with Crippen LogP contribution in [0, 0.1) is 0 Å². The monoisotopic (exact) mass is 343 g/mol. The summed E-state index contributed by atoms with van der Waals surface area (Å²) in [5.74, 6) is 0.502. The predicted octanol–water partition coefficient (Wildman–Crippen LogP) is 6.48. The smallest absolute Gasteiger partial charge is 0.0299 e. The second kappa shape index (κ2) is 9.24. The van der Waals surface area contributed by atoms with Crippen molar-refractivity contribution in [3.05, 3.63) is 102 Å². The van der Waals surface area contributed by atoms with Gasteiger partial charge in [0.2, 0.25) is 0 Å². The van der Waals surface area contributed by atoms with Crippen LogP contribution in [-0.2, 0) is 0 Å². The van der Waals surface area contributed by atoms with Gasteiger partial charge in [0.25, 0.3) is 0 Å². The van der Waals surface area contributed by atoms with Gasteiger partial charge in [0.15, 0.2) is 0 Å². The molecular weight excluding hydrogens is 314 g/mol. The van der Waals surface area contributed by atoms with Gasteiger partial charge in [0, 0.05) is 17.7 Å². The molecule has 0 aromatic heterocycles. The zero-order valence-electron chi connectivity index (χ0n) is 15.9. The minimum atomic E-state index is 0.470. The number of hydrogen-bond acceptors (Lipinski definition) is 1. The van der Waals surface area contributed by atoms with Crippen LogP contribution in [0.4, 0.5) is 0 Å². The second-order valence-corrected chi connectivity index (χ2v) is 7.01. The van der Waals surface area contributed by atoms with Crippen LogP contribution in [0.25, 0.3) is 5.57 Å². The van der Waals surface area contributed by atoms with Crippen molar-refractivity contribution in [2.24, 2.45) is 0 Å². The lowest BCUT2D eigenvalue weighted by atomic mass is 9.91. The van der Waals surface area contributed by atoms with Crippen LogP contribution in [0.15, 0.2) is 90.7 Å². The summed E-state index contributed by atoms with van der Waals surface area (Å²) in [6.07, 6.45) is 12.5. The molecule has 0 amide bonds. The number of rotatable bonds is 7. The third kappa shape index (κ3) is 4.98. The second-order valence-electron chi connectivity index (χ2n) is 7.01. The number of hydrogen-bond donors (Lipinski definition) is 1. The molecule has 2 atom stereocenters. The molecular formula is C25H29N. The first-order valence-corrected chi connectivity index (χ1v) is 9.68. The molecule has 0 bridgehead atoms. The van der Waals surface area contributed by atoms with Crippen molar-refractivity contribution in [3.8, 4) is 0 Å². The van der Waals surface area contributed by atoms with E-state index in [0.29, 0.717) is 12.0 Å². The quantitative estimate of drug-likeness (QED) is 0.607. The van der Waals surface area contributed by atoms with Crippen molar-refractivity contribution in [2.75, 3.05) is 0 Å². The zero-order chi connectivity index (χ0) is 18.2. The van der Waals surface area contributed by atoms with Crippen molar-refractivity contribution in [3.63, 3.8) is 0 Å². The lowest BCUT2D eigenvalue weighted by Crippen LogP contribution is -2.27. The van der Waals surface area contributed by atoms with Gasteiger partial charge >= 0.3 is 0 Å². The Morgan fingerprint density at radius 1 is 1.08 bits per heavy atom. The van der Waals surface area contributed by atoms with E-state index in [2.05, 4.69) is 104 Å². The molecule has 1 nitrogen and oxygen atoms in total. The molecule has 1 N–H and O–H groups in total. The lowest BCUT2D eigenvalue weighted by molar-refractivity contribution is 0.558. The average molecular weight is 344 g/mol. The van der Waals surface area contributed by atoms with Gasteiger partial charge in [0.1, 0.15) is 0 Å². The van der Waals surface area contributed by atoms with Crippen LogP contribution in [0.3, 0.4) is 0 Å². The molecule has 2 unspecified atom stereocenters. The standard InChI is InChI=1S/C25H29N/c1-3-24(17-14-20(2)21-10-6-4-7-11-21)26-25-18-15-23(16-19-25)22-12-8-5-9-13-22/h4-15,18-19,23-24,26H,3,16-17H2,1-2H3/b20-14+. The van der Waals surface area contributed by atoms with Crippen molar-refractivity contribution in [1.29, 1.82) is 0 Å². The summed E-state index contributed by atoms with van der Waals surface area (Å²) in [4.78, 5) is 0. The molecule has 0 heterocycles. The molecule has 2 aromatic rings. The maximum atomic E-state index is 3.71. The van der Waals surface area contributed by atoms with Crippen molar-refractivity contribution in [2.45, 2.75) is 45.1 Å². The topological polar surface area (TPSA) is 12.0 Å². The minimum Gasteiger partial charge on any atom is -0.382 e. The highest BCUT2D eigenvalue weighted by Crippen LogP contribution is 2.26. The van der Waals surface area contributed by atoms with Crippen LogP contribution in [0.1, 0.15) is 50.2 Å². The third-order valence-corrected chi connectivity index (χ3v) is 5.13. The molecule has 0 saturated carbocycles. The molecule has 0 spiro atoms. The maximum absolute atomic E-state index is 3.71. The summed E-state index contributed by atoms with van der Waals surface area (Å²) in [6, 6.07) is 21.8. The highest BCUT2D eigenvalue weighted by molar-refractivity contribution is 5.63. The van der Waals surface area contributed by atoms with E-state index in [1.807, 2.05) is 0 Å². The summed E-state index contributed by atoms with van der Waals surface area (Å²) < 4.78 is 0. The summed E-state index contributed by atoms with van der Waals surface area (Å²) >= 11 is 0. The molecule has 3 rings (SSSR count). The molecule has 0 aliphatic heterocycles. The number of nitrogens with one attached hydrogen (secondary N) is 1. The Morgan fingerprint density at radius 3 is 2.38 bits per heavy atom. The molecule has 0 saturated heterocycles. The average Bonchev–Trinajstić information content (AvgIpc) is 2.72. The number of benzene rings is 2. The van der Waals surface area contributed by atoms with Crippen molar-refractivity contribution < 1.29 is 0 Å². The van der Waals surface area contributed by atoms with E-state index in [-0.39, 0.29) is 0 Å². The van der Waals surface area contributed by atoms with E-state index >= 15 is 0 Å². The first kappa shape index (κ1) is 18.3. The molecule has 2 aromatic carbocycles. The first-order valence-electron chi connectivity index (χ1n) is 9.68. The normalized spacial score (nSPS) is 18.3. The van der Waals surface area contributed by atoms with Gasteiger partial charge in [0.05, 0.1) is 0 Å². The minimum absolute atomic E-state index is 0.470. The van der Waals surface area contributed by atoms with E-state index in [9.17, 15) is 0 Å². The highest BCUT2D eigenvalue weighted by atomic mass is 14.9. The van der Waals surface area contributed by atoms with Crippen LogP contribution in [0.2, 0.25) is 0 Å². The van der Waals surface area contributed by atoms with Crippen LogP contribution >= 0.6 is 0 Å². The van der Waals surface area contributed by atoms with Gasteiger partial charge in [-0.15, -0.1) is 0 Å². The van der Waals surface area contributed by atoms with Crippen molar-refractivity contribution >= 4 is 5.57 Å². The Balaban J connectivity index is 1.56. The molecule has 0 fully saturated rings. The van der Waals surface area contributed by atoms with Gasteiger partial charge < -0.3 is 5.32 Å². The Bertz CT molecular complexity index is 768. The molecule has 1 aliphatic rings.